The molecule has 3 rings (SSSR count). The van der Waals surface area contributed by atoms with Crippen molar-refractivity contribution in [1.29, 1.82) is 0 Å². The fourth-order valence-corrected chi connectivity index (χ4v) is 2.65. The molecule has 0 aliphatic rings. The molecule has 0 aliphatic carbocycles. The van der Waals surface area contributed by atoms with E-state index in [9.17, 15) is 9.18 Å². The van der Waals surface area contributed by atoms with Crippen LogP contribution in [-0.4, -0.2) is 18.6 Å². The van der Waals surface area contributed by atoms with Crippen LogP contribution in [0.25, 0.3) is 11.1 Å². The third kappa shape index (κ3) is 4.68. The van der Waals surface area contributed by atoms with Gasteiger partial charge in [0.05, 0.1) is 7.11 Å². The predicted molar refractivity (Wildman–Crippen MR) is 108 cm³/mol. The molecule has 0 radical (unpaired) electrons. The first-order valence-corrected chi connectivity index (χ1v) is 8.88. The van der Waals surface area contributed by atoms with Gasteiger partial charge in [-0.2, -0.15) is 0 Å². The van der Waals surface area contributed by atoms with E-state index in [1.165, 1.54) is 24.3 Å². The van der Waals surface area contributed by atoms with E-state index in [1.807, 2.05) is 48.5 Å². The number of hydrogen-bond acceptors (Lipinski definition) is 3. The average Bonchev–Trinajstić information content (AvgIpc) is 2.70. The van der Waals surface area contributed by atoms with E-state index in [4.69, 9.17) is 9.47 Å². The molecule has 3 aromatic rings. The summed E-state index contributed by atoms with van der Waals surface area (Å²) < 4.78 is 23.9. The van der Waals surface area contributed by atoms with Crippen molar-refractivity contribution >= 4 is 11.6 Å². The van der Waals surface area contributed by atoms with Crippen LogP contribution in [0.5, 0.6) is 11.5 Å². The van der Waals surface area contributed by atoms with Crippen LogP contribution in [0.4, 0.5) is 10.1 Å². The molecule has 4 nitrogen and oxygen atoms in total. The minimum Gasteiger partial charge on any atom is -0.497 e. The van der Waals surface area contributed by atoms with E-state index in [2.05, 4.69) is 5.32 Å². The lowest BCUT2D eigenvalue weighted by atomic mass is 10.0. The van der Waals surface area contributed by atoms with Crippen molar-refractivity contribution in [3.8, 4) is 22.6 Å². The highest BCUT2D eigenvalue weighted by atomic mass is 19.1. The second-order valence-corrected chi connectivity index (χ2v) is 6.83. The normalized spacial score (nSPS) is 11.0. The smallest absolute Gasteiger partial charge is 0.267 e. The van der Waals surface area contributed by atoms with Gasteiger partial charge in [-0.3, -0.25) is 4.79 Å². The van der Waals surface area contributed by atoms with Crippen molar-refractivity contribution in [2.24, 2.45) is 0 Å². The Morgan fingerprint density at radius 1 is 0.821 bits per heavy atom. The summed E-state index contributed by atoms with van der Waals surface area (Å²) in [4.78, 5) is 12.6. The van der Waals surface area contributed by atoms with E-state index in [0.29, 0.717) is 11.4 Å². The number of benzene rings is 3. The van der Waals surface area contributed by atoms with Gasteiger partial charge in [-0.25, -0.2) is 4.39 Å². The van der Waals surface area contributed by atoms with Crippen molar-refractivity contribution in [2.75, 3.05) is 12.4 Å². The summed E-state index contributed by atoms with van der Waals surface area (Å²) in [5.41, 5.74) is 1.63. The number of carbonyl (C=O) groups excluding carboxylic acids is 1. The van der Waals surface area contributed by atoms with Crippen LogP contribution < -0.4 is 14.8 Å². The Balaban J connectivity index is 1.66. The van der Waals surface area contributed by atoms with Gasteiger partial charge >= 0.3 is 0 Å². The lowest BCUT2D eigenvalue weighted by Gasteiger charge is -2.25. The summed E-state index contributed by atoms with van der Waals surface area (Å²) in [5, 5.41) is 2.85. The molecule has 5 heteroatoms. The number of methoxy groups -OCH3 is 1. The molecule has 0 spiro atoms. The molecular weight excluding hydrogens is 357 g/mol. The highest BCUT2D eigenvalue weighted by Gasteiger charge is 2.30. The largest absolute Gasteiger partial charge is 0.497 e. The molecule has 0 bridgehead atoms. The predicted octanol–water partition coefficient (Wildman–Crippen LogP) is 5.30. The first-order chi connectivity index (χ1) is 13.4. The zero-order chi connectivity index (χ0) is 20.1. The Bertz CT molecular complexity index is 933. The van der Waals surface area contributed by atoms with Gasteiger partial charge in [0.2, 0.25) is 0 Å². The summed E-state index contributed by atoms with van der Waals surface area (Å²) in [6.45, 7) is 3.33. The van der Waals surface area contributed by atoms with Gasteiger partial charge in [-0.1, -0.05) is 24.3 Å². The third-order valence-corrected chi connectivity index (χ3v) is 4.30. The van der Waals surface area contributed by atoms with Crippen LogP contribution in [0.2, 0.25) is 0 Å². The van der Waals surface area contributed by atoms with Gasteiger partial charge in [0.1, 0.15) is 17.3 Å². The van der Waals surface area contributed by atoms with E-state index in [-0.39, 0.29) is 11.7 Å². The number of anilines is 1. The van der Waals surface area contributed by atoms with Crippen molar-refractivity contribution in [1.82, 2.24) is 0 Å². The second kappa shape index (κ2) is 8.13. The molecule has 1 amide bonds. The van der Waals surface area contributed by atoms with Gasteiger partial charge in [0, 0.05) is 5.69 Å². The summed E-state index contributed by atoms with van der Waals surface area (Å²) >= 11 is 0. The summed E-state index contributed by atoms with van der Waals surface area (Å²) in [6, 6.07) is 20.9. The molecule has 0 saturated heterocycles. The topological polar surface area (TPSA) is 47.6 Å². The quantitative estimate of drug-likeness (QED) is 0.632. The molecule has 0 fully saturated rings. The first-order valence-electron chi connectivity index (χ1n) is 8.88. The zero-order valence-electron chi connectivity index (χ0n) is 16.0. The number of ether oxygens (including phenoxy) is 2. The Hall–Kier alpha value is -3.34. The Kier molecular flexibility index (Phi) is 5.64. The number of carbonyl (C=O) groups is 1. The molecule has 0 unspecified atom stereocenters. The number of halogens is 1. The number of amides is 1. The fourth-order valence-electron chi connectivity index (χ4n) is 2.65. The molecule has 0 heterocycles. The van der Waals surface area contributed by atoms with Gasteiger partial charge in [0.25, 0.3) is 5.91 Å². The SMILES string of the molecule is COc1ccc(-c2ccc(NC(=O)C(C)(C)Oc3ccc(F)cc3)cc2)cc1. The van der Waals surface area contributed by atoms with Crippen LogP contribution in [-0.2, 0) is 4.79 Å². The Morgan fingerprint density at radius 2 is 1.32 bits per heavy atom. The maximum atomic E-state index is 13.0. The maximum absolute atomic E-state index is 13.0. The van der Waals surface area contributed by atoms with Crippen LogP contribution >= 0.6 is 0 Å². The molecule has 0 saturated carbocycles. The van der Waals surface area contributed by atoms with E-state index in [1.54, 1.807) is 21.0 Å². The standard InChI is InChI=1S/C23H22FNO3/c1-23(2,28-21-14-8-18(24)9-15-21)22(26)25-19-10-4-16(5-11-19)17-6-12-20(27-3)13-7-17/h4-15H,1-3H3,(H,25,26). The first kappa shape index (κ1) is 19.4. The lowest BCUT2D eigenvalue weighted by molar-refractivity contribution is -0.128. The molecular formula is C23H22FNO3. The summed E-state index contributed by atoms with van der Waals surface area (Å²) in [6.07, 6.45) is 0. The van der Waals surface area contributed by atoms with Crippen molar-refractivity contribution in [2.45, 2.75) is 19.4 Å². The molecule has 144 valence electrons. The van der Waals surface area contributed by atoms with Crippen LogP contribution in [0.3, 0.4) is 0 Å². The Labute approximate surface area is 163 Å². The lowest BCUT2D eigenvalue weighted by Crippen LogP contribution is -2.42. The molecule has 0 atom stereocenters. The van der Waals surface area contributed by atoms with E-state index >= 15 is 0 Å². The third-order valence-electron chi connectivity index (χ3n) is 4.30. The summed E-state index contributed by atoms with van der Waals surface area (Å²) in [7, 11) is 1.63. The molecule has 0 aliphatic heterocycles. The zero-order valence-corrected chi connectivity index (χ0v) is 16.0. The molecule has 28 heavy (non-hydrogen) atoms. The maximum Gasteiger partial charge on any atom is 0.267 e. The minimum absolute atomic E-state index is 0.297. The van der Waals surface area contributed by atoms with Gasteiger partial charge in [-0.15, -0.1) is 0 Å². The van der Waals surface area contributed by atoms with Crippen LogP contribution in [0, 0.1) is 5.82 Å². The highest BCUT2D eigenvalue weighted by Crippen LogP contribution is 2.25. The molecule has 1 N–H and O–H groups in total. The van der Waals surface area contributed by atoms with Crippen LogP contribution in [0.1, 0.15) is 13.8 Å². The second-order valence-electron chi connectivity index (χ2n) is 6.83. The van der Waals surface area contributed by atoms with Gasteiger partial charge < -0.3 is 14.8 Å². The monoisotopic (exact) mass is 379 g/mol. The number of hydrogen-bond donors (Lipinski definition) is 1. The van der Waals surface area contributed by atoms with Crippen molar-refractivity contribution in [3.63, 3.8) is 0 Å². The number of rotatable bonds is 6. The molecule has 3 aromatic carbocycles. The Morgan fingerprint density at radius 3 is 1.86 bits per heavy atom. The van der Waals surface area contributed by atoms with Gasteiger partial charge in [-0.05, 0) is 73.5 Å². The van der Waals surface area contributed by atoms with Crippen molar-refractivity contribution in [3.05, 3.63) is 78.6 Å². The summed E-state index contributed by atoms with van der Waals surface area (Å²) in [5.74, 6) is 0.577. The molecule has 0 aromatic heterocycles. The average molecular weight is 379 g/mol. The van der Waals surface area contributed by atoms with Gasteiger partial charge in [0.15, 0.2) is 5.60 Å². The van der Waals surface area contributed by atoms with Crippen molar-refractivity contribution < 1.29 is 18.7 Å². The minimum atomic E-state index is -1.12. The number of nitrogens with one attached hydrogen (secondary N) is 1. The van der Waals surface area contributed by atoms with Crippen LogP contribution in [0.15, 0.2) is 72.8 Å². The van der Waals surface area contributed by atoms with E-state index in [0.717, 1.165) is 16.9 Å². The highest BCUT2D eigenvalue weighted by molar-refractivity contribution is 5.97. The van der Waals surface area contributed by atoms with E-state index < -0.39 is 5.60 Å². The fraction of sp³-hybridized carbons (Fsp3) is 0.174.